The van der Waals surface area contributed by atoms with Crippen LogP contribution in [0, 0.1) is 0 Å². The van der Waals surface area contributed by atoms with Gasteiger partial charge in [-0.05, 0) is 24.3 Å². The van der Waals surface area contributed by atoms with Gasteiger partial charge in [0.25, 0.3) is 0 Å². The summed E-state index contributed by atoms with van der Waals surface area (Å²) >= 11 is 7.13. The van der Waals surface area contributed by atoms with Gasteiger partial charge >= 0.3 is 0 Å². The van der Waals surface area contributed by atoms with Gasteiger partial charge in [0.15, 0.2) is 0 Å². The highest BCUT2D eigenvalue weighted by Crippen LogP contribution is 2.20. The Kier molecular flexibility index (Phi) is 3.54. The summed E-state index contributed by atoms with van der Waals surface area (Å²) in [6.45, 7) is 0.387. The number of thiazole rings is 1. The van der Waals surface area contributed by atoms with Gasteiger partial charge in [-0.15, -0.1) is 11.3 Å². The summed E-state index contributed by atoms with van der Waals surface area (Å²) in [5, 5.41) is 0.824. The molecule has 0 aliphatic carbocycles. The molecule has 0 unspecified atom stereocenters. The molecular formula is C11H8ClNO2S. The number of aldehydes is 1. The van der Waals surface area contributed by atoms with Crippen LogP contribution in [0.5, 0.6) is 5.75 Å². The first-order chi connectivity index (χ1) is 7.78. The zero-order chi connectivity index (χ0) is 11.4. The Hall–Kier alpha value is -1.39. The number of hydrogen-bond donors (Lipinski definition) is 0. The molecule has 0 spiro atoms. The highest BCUT2D eigenvalue weighted by Gasteiger charge is 2.01. The Labute approximate surface area is 102 Å². The van der Waals surface area contributed by atoms with Crippen molar-refractivity contribution < 1.29 is 9.53 Å². The Balaban J connectivity index is 1.96. The molecule has 0 radical (unpaired) electrons. The van der Waals surface area contributed by atoms with Gasteiger partial charge in [-0.25, -0.2) is 4.98 Å². The molecule has 0 bridgehead atoms. The van der Waals surface area contributed by atoms with Crippen LogP contribution in [-0.4, -0.2) is 11.3 Å². The summed E-state index contributed by atoms with van der Waals surface area (Å²) in [5.41, 5.74) is 0.629. The molecule has 2 aromatic rings. The highest BCUT2D eigenvalue weighted by atomic mass is 35.5. The molecule has 0 amide bonds. The lowest BCUT2D eigenvalue weighted by molar-refractivity contribution is 0.112. The van der Waals surface area contributed by atoms with Gasteiger partial charge < -0.3 is 4.74 Å². The second-order valence-corrected chi connectivity index (χ2v) is 4.78. The van der Waals surface area contributed by atoms with Crippen LogP contribution in [0.25, 0.3) is 0 Å². The van der Waals surface area contributed by atoms with Gasteiger partial charge in [0.05, 0.1) is 6.20 Å². The molecule has 5 heteroatoms. The van der Waals surface area contributed by atoms with Crippen LogP contribution in [0.2, 0.25) is 4.34 Å². The van der Waals surface area contributed by atoms with Gasteiger partial charge in [0, 0.05) is 5.56 Å². The molecule has 16 heavy (non-hydrogen) atoms. The van der Waals surface area contributed by atoms with Crippen LogP contribution in [0.3, 0.4) is 0 Å². The number of halogens is 1. The van der Waals surface area contributed by atoms with E-state index < -0.39 is 0 Å². The Bertz CT molecular complexity index is 481. The molecule has 0 fully saturated rings. The summed E-state index contributed by atoms with van der Waals surface area (Å²) in [6.07, 6.45) is 2.39. The lowest BCUT2D eigenvalue weighted by Gasteiger charge is -2.03. The Morgan fingerprint density at radius 2 is 2.12 bits per heavy atom. The number of ether oxygens (including phenoxy) is 1. The van der Waals surface area contributed by atoms with Gasteiger partial charge in [0.1, 0.15) is 28.0 Å². The third kappa shape index (κ3) is 2.81. The van der Waals surface area contributed by atoms with Crippen molar-refractivity contribution in [2.24, 2.45) is 0 Å². The third-order valence-corrected chi connectivity index (χ3v) is 2.99. The normalized spacial score (nSPS) is 10.1. The molecule has 0 saturated heterocycles. The molecule has 1 aromatic heterocycles. The van der Waals surface area contributed by atoms with E-state index in [2.05, 4.69) is 4.98 Å². The van der Waals surface area contributed by atoms with E-state index >= 15 is 0 Å². The average Bonchev–Trinajstić information content (AvgIpc) is 2.73. The maximum Gasteiger partial charge on any atom is 0.150 e. The first-order valence-electron chi connectivity index (χ1n) is 4.56. The van der Waals surface area contributed by atoms with Crippen LogP contribution in [-0.2, 0) is 6.61 Å². The van der Waals surface area contributed by atoms with Crippen molar-refractivity contribution in [3.63, 3.8) is 0 Å². The van der Waals surface area contributed by atoms with Crippen molar-refractivity contribution in [2.75, 3.05) is 0 Å². The molecule has 1 heterocycles. The van der Waals surface area contributed by atoms with E-state index in [1.54, 1.807) is 30.5 Å². The van der Waals surface area contributed by atoms with E-state index in [9.17, 15) is 4.79 Å². The quantitative estimate of drug-likeness (QED) is 0.786. The number of hydrogen-bond acceptors (Lipinski definition) is 4. The van der Waals surface area contributed by atoms with Crippen LogP contribution in [0.1, 0.15) is 15.4 Å². The number of rotatable bonds is 4. The lowest BCUT2D eigenvalue weighted by Crippen LogP contribution is -1.94. The van der Waals surface area contributed by atoms with Crippen molar-refractivity contribution >= 4 is 29.2 Å². The topological polar surface area (TPSA) is 39.2 Å². The largest absolute Gasteiger partial charge is 0.486 e. The molecule has 3 nitrogen and oxygen atoms in total. The molecule has 0 atom stereocenters. The molecule has 0 saturated carbocycles. The fourth-order valence-corrected chi connectivity index (χ4v) is 2.01. The van der Waals surface area contributed by atoms with Crippen LogP contribution in [0.4, 0.5) is 0 Å². The van der Waals surface area contributed by atoms with E-state index in [0.29, 0.717) is 22.3 Å². The number of benzene rings is 1. The van der Waals surface area contributed by atoms with Crippen molar-refractivity contribution in [3.8, 4) is 5.75 Å². The second-order valence-electron chi connectivity index (χ2n) is 3.03. The zero-order valence-corrected chi connectivity index (χ0v) is 9.79. The minimum Gasteiger partial charge on any atom is -0.486 e. The second kappa shape index (κ2) is 5.09. The van der Waals surface area contributed by atoms with Crippen LogP contribution < -0.4 is 4.74 Å². The molecule has 0 aliphatic rings. The van der Waals surface area contributed by atoms with Gasteiger partial charge in [-0.1, -0.05) is 11.6 Å². The Morgan fingerprint density at radius 1 is 1.38 bits per heavy atom. The highest BCUT2D eigenvalue weighted by molar-refractivity contribution is 7.15. The van der Waals surface area contributed by atoms with Crippen molar-refractivity contribution in [3.05, 3.63) is 45.4 Å². The smallest absolute Gasteiger partial charge is 0.150 e. The van der Waals surface area contributed by atoms with E-state index in [0.717, 1.165) is 11.3 Å². The first kappa shape index (κ1) is 11.1. The van der Waals surface area contributed by atoms with Crippen molar-refractivity contribution in [1.82, 2.24) is 4.98 Å². The van der Waals surface area contributed by atoms with Gasteiger partial charge in [-0.2, -0.15) is 0 Å². The Morgan fingerprint density at radius 3 is 2.69 bits per heavy atom. The summed E-state index contributed by atoms with van der Waals surface area (Å²) < 4.78 is 6.13. The number of aromatic nitrogens is 1. The maximum absolute atomic E-state index is 10.4. The maximum atomic E-state index is 10.4. The predicted octanol–water partition coefficient (Wildman–Crippen LogP) is 3.19. The van der Waals surface area contributed by atoms with Crippen molar-refractivity contribution in [1.29, 1.82) is 0 Å². The van der Waals surface area contributed by atoms with Crippen molar-refractivity contribution in [2.45, 2.75) is 6.61 Å². The predicted molar refractivity (Wildman–Crippen MR) is 63.3 cm³/mol. The first-order valence-corrected chi connectivity index (χ1v) is 5.75. The summed E-state index contributed by atoms with van der Waals surface area (Å²) in [6, 6.07) is 6.91. The van der Waals surface area contributed by atoms with Crippen LogP contribution >= 0.6 is 22.9 Å². The third-order valence-electron chi connectivity index (χ3n) is 1.90. The minimum absolute atomic E-state index is 0.387. The van der Waals surface area contributed by atoms with Crippen LogP contribution in [0.15, 0.2) is 30.5 Å². The van der Waals surface area contributed by atoms with E-state index in [-0.39, 0.29) is 0 Å². The molecule has 2 rings (SSSR count). The standard InChI is InChI=1S/C11H8ClNO2S/c12-10-5-13-11(16-10)7-15-9-3-1-8(6-14)2-4-9/h1-6H,7H2. The minimum atomic E-state index is 0.387. The van der Waals surface area contributed by atoms with E-state index in [1.807, 2.05) is 0 Å². The molecular weight excluding hydrogens is 246 g/mol. The molecule has 82 valence electrons. The fourth-order valence-electron chi connectivity index (χ4n) is 1.14. The van der Waals surface area contributed by atoms with E-state index in [4.69, 9.17) is 16.3 Å². The summed E-state index contributed by atoms with van der Waals surface area (Å²) in [7, 11) is 0. The number of nitrogens with zero attached hydrogens (tertiary/aromatic N) is 1. The summed E-state index contributed by atoms with van der Waals surface area (Å²) in [5.74, 6) is 0.705. The molecule has 0 N–H and O–H groups in total. The average molecular weight is 254 g/mol. The van der Waals surface area contributed by atoms with Gasteiger partial charge in [-0.3, -0.25) is 4.79 Å². The zero-order valence-electron chi connectivity index (χ0n) is 8.22. The summed E-state index contributed by atoms with van der Waals surface area (Å²) in [4.78, 5) is 14.5. The molecule has 0 aliphatic heterocycles. The SMILES string of the molecule is O=Cc1ccc(OCc2ncc(Cl)s2)cc1. The monoisotopic (exact) mass is 253 g/mol. The number of carbonyl (C=O) groups excluding carboxylic acids is 1. The molecule has 1 aromatic carbocycles. The fraction of sp³-hybridized carbons (Fsp3) is 0.0909. The van der Waals surface area contributed by atoms with E-state index in [1.165, 1.54) is 11.3 Å². The lowest BCUT2D eigenvalue weighted by atomic mass is 10.2. The van der Waals surface area contributed by atoms with Gasteiger partial charge in [0.2, 0.25) is 0 Å². The number of carbonyl (C=O) groups is 1.